The van der Waals surface area contributed by atoms with Crippen LogP contribution in [0, 0.1) is 0 Å². The van der Waals surface area contributed by atoms with E-state index in [1.54, 1.807) is 11.1 Å². The molecule has 4 aliphatic rings. The van der Waals surface area contributed by atoms with Crippen LogP contribution in [0.3, 0.4) is 0 Å². The molecule has 3 atom stereocenters. The number of anilines is 2. The van der Waals surface area contributed by atoms with Gasteiger partial charge in [0.15, 0.2) is 0 Å². The number of nitrogens with zero attached hydrogens (tertiary/aromatic N) is 3. The number of piperazine rings is 1. The van der Waals surface area contributed by atoms with Gasteiger partial charge in [-0.2, -0.15) is 0 Å². The number of aromatic nitrogens is 1. The minimum atomic E-state index is -0.648. The van der Waals surface area contributed by atoms with Crippen LogP contribution in [0.15, 0.2) is 66.9 Å². The van der Waals surface area contributed by atoms with Crippen LogP contribution in [0.4, 0.5) is 11.5 Å². The van der Waals surface area contributed by atoms with E-state index in [1.807, 2.05) is 60.7 Å². The van der Waals surface area contributed by atoms with E-state index in [2.05, 4.69) is 20.5 Å². The maximum absolute atomic E-state index is 13.5. The van der Waals surface area contributed by atoms with E-state index in [0.717, 1.165) is 48.2 Å². The average Bonchev–Trinajstić information content (AvgIpc) is 3.62. The van der Waals surface area contributed by atoms with Gasteiger partial charge in [-0.05, 0) is 67.1 Å². The fraction of sp³-hybridized carbons (Fsp3) is 0.333. The lowest BCUT2D eigenvalue weighted by Crippen LogP contribution is -2.57. The topological polar surface area (TPSA) is 94.6 Å². The first kappa shape index (κ1) is 23.1. The van der Waals surface area contributed by atoms with Gasteiger partial charge in [0.1, 0.15) is 12.4 Å². The number of rotatable bonds is 4. The number of benzene rings is 2. The van der Waals surface area contributed by atoms with E-state index in [4.69, 9.17) is 0 Å². The van der Waals surface area contributed by atoms with E-state index < -0.39 is 5.41 Å². The lowest BCUT2D eigenvalue weighted by molar-refractivity contribution is -0.147. The highest BCUT2D eigenvalue weighted by atomic mass is 16.2. The molecule has 4 heterocycles. The summed E-state index contributed by atoms with van der Waals surface area (Å²) in [5.41, 5.74) is 4.16. The Hall–Kier alpha value is -4.04. The summed E-state index contributed by atoms with van der Waals surface area (Å²) >= 11 is 0. The number of nitrogens with one attached hydrogen (secondary N) is 2. The van der Waals surface area contributed by atoms with Gasteiger partial charge in [-0.1, -0.05) is 42.5 Å². The number of amides is 3. The highest BCUT2D eigenvalue weighted by Crippen LogP contribution is 2.47. The maximum Gasteiger partial charge on any atom is 0.244 e. The summed E-state index contributed by atoms with van der Waals surface area (Å²) in [7, 11) is 0. The monoisotopic (exact) mass is 507 g/mol. The van der Waals surface area contributed by atoms with Gasteiger partial charge in [0, 0.05) is 24.0 Å². The van der Waals surface area contributed by atoms with E-state index in [-0.39, 0.29) is 36.3 Å². The van der Waals surface area contributed by atoms with Crippen LogP contribution in [0.2, 0.25) is 0 Å². The van der Waals surface area contributed by atoms with Crippen molar-refractivity contribution in [2.75, 3.05) is 30.3 Å². The average molecular weight is 508 g/mol. The van der Waals surface area contributed by atoms with Crippen molar-refractivity contribution < 1.29 is 14.4 Å². The van der Waals surface area contributed by atoms with Crippen molar-refractivity contribution in [3.05, 3.63) is 89.1 Å². The fourth-order valence-electron chi connectivity index (χ4n) is 6.84. The second kappa shape index (κ2) is 8.77. The standard InChI is InChI=1S/C30H29N5O3/c36-26(18-35-25(19-6-2-1-3-7-19)17-34-13-5-9-24(34)28(35)37)32-22-11-10-20-15-30(16-21(20)14-22)23-8-4-12-31-27(23)33-29(30)38/h1-4,6-8,10-12,14,24-25H,5,9,13,15-18H2,(H,32,36)(H,31,33,38). The summed E-state index contributed by atoms with van der Waals surface area (Å²) in [5.74, 6) is 0.433. The predicted octanol–water partition coefficient (Wildman–Crippen LogP) is 3.06. The lowest BCUT2D eigenvalue weighted by Gasteiger charge is -2.43. The molecule has 0 saturated carbocycles. The number of hydrogen-bond acceptors (Lipinski definition) is 5. The van der Waals surface area contributed by atoms with Crippen molar-refractivity contribution in [2.24, 2.45) is 0 Å². The minimum absolute atomic E-state index is 0.00517. The first-order valence-electron chi connectivity index (χ1n) is 13.3. The summed E-state index contributed by atoms with van der Waals surface area (Å²) in [5, 5.41) is 5.96. The highest BCUT2D eigenvalue weighted by Gasteiger charge is 2.51. The van der Waals surface area contributed by atoms with Crippen LogP contribution in [0.5, 0.6) is 0 Å². The molecule has 38 heavy (non-hydrogen) atoms. The zero-order valence-corrected chi connectivity index (χ0v) is 21.0. The fourth-order valence-corrected chi connectivity index (χ4v) is 6.84. The van der Waals surface area contributed by atoms with Crippen molar-refractivity contribution in [1.82, 2.24) is 14.8 Å². The van der Waals surface area contributed by atoms with Crippen LogP contribution in [0.25, 0.3) is 0 Å². The van der Waals surface area contributed by atoms with Gasteiger partial charge in [0.05, 0.1) is 17.5 Å². The van der Waals surface area contributed by atoms with E-state index in [0.29, 0.717) is 24.3 Å². The molecule has 1 spiro atoms. The second-order valence-electron chi connectivity index (χ2n) is 10.9. The maximum atomic E-state index is 13.5. The molecule has 3 amide bonds. The van der Waals surface area contributed by atoms with Crippen molar-refractivity contribution >= 4 is 29.2 Å². The van der Waals surface area contributed by atoms with Gasteiger partial charge in [0.25, 0.3) is 0 Å². The van der Waals surface area contributed by atoms with Gasteiger partial charge < -0.3 is 15.5 Å². The molecular weight excluding hydrogens is 478 g/mol. The van der Waals surface area contributed by atoms with Crippen LogP contribution < -0.4 is 10.6 Å². The van der Waals surface area contributed by atoms with Crippen molar-refractivity contribution in [1.29, 1.82) is 0 Å². The van der Waals surface area contributed by atoms with Crippen LogP contribution in [-0.4, -0.2) is 58.2 Å². The molecule has 1 aromatic heterocycles. The van der Waals surface area contributed by atoms with Gasteiger partial charge in [-0.3, -0.25) is 19.3 Å². The molecule has 7 rings (SSSR count). The number of pyridine rings is 1. The van der Waals surface area contributed by atoms with Gasteiger partial charge >= 0.3 is 0 Å². The summed E-state index contributed by atoms with van der Waals surface area (Å²) in [4.78, 5) is 48.1. The lowest BCUT2D eigenvalue weighted by atomic mass is 9.79. The van der Waals surface area contributed by atoms with E-state index in [9.17, 15) is 14.4 Å². The minimum Gasteiger partial charge on any atom is -0.325 e. The van der Waals surface area contributed by atoms with Gasteiger partial charge in [-0.15, -0.1) is 0 Å². The molecule has 0 radical (unpaired) electrons. The summed E-state index contributed by atoms with van der Waals surface area (Å²) in [6, 6.07) is 19.4. The molecule has 2 saturated heterocycles. The molecule has 0 bridgehead atoms. The molecule has 3 aliphatic heterocycles. The SMILES string of the molecule is O=C(CN1C(=O)C2CCCN2CC1c1ccccc1)Nc1ccc2c(c1)CC1(C2)C(=O)Nc2ncccc21. The Morgan fingerprint density at radius 3 is 2.74 bits per heavy atom. The van der Waals surface area contributed by atoms with Gasteiger partial charge in [-0.25, -0.2) is 4.98 Å². The molecule has 1 aliphatic carbocycles. The summed E-state index contributed by atoms with van der Waals surface area (Å²) in [6.07, 6.45) is 4.71. The molecule has 8 heteroatoms. The third kappa shape index (κ3) is 3.62. The number of fused-ring (bicyclic) bond motifs is 4. The largest absolute Gasteiger partial charge is 0.325 e. The molecule has 8 nitrogen and oxygen atoms in total. The Labute approximate surface area is 221 Å². The third-order valence-corrected chi connectivity index (χ3v) is 8.68. The summed E-state index contributed by atoms with van der Waals surface area (Å²) in [6.45, 7) is 1.67. The molecule has 2 aromatic carbocycles. The molecule has 192 valence electrons. The third-order valence-electron chi connectivity index (χ3n) is 8.68. The molecule has 2 N–H and O–H groups in total. The predicted molar refractivity (Wildman–Crippen MR) is 143 cm³/mol. The van der Waals surface area contributed by atoms with E-state index in [1.165, 1.54) is 0 Å². The van der Waals surface area contributed by atoms with Crippen molar-refractivity contribution in [2.45, 2.75) is 43.2 Å². The summed E-state index contributed by atoms with van der Waals surface area (Å²) < 4.78 is 0. The van der Waals surface area contributed by atoms with E-state index >= 15 is 0 Å². The Morgan fingerprint density at radius 1 is 1.03 bits per heavy atom. The zero-order chi connectivity index (χ0) is 25.9. The first-order valence-corrected chi connectivity index (χ1v) is 13.3. The van der Waals surface area contributed by atoms with Crippen LogP contribution >= 0.6 is 0 Å². The first-order chi connectivity index (χ1) is 18.5. The molecular formula is C30H29N5O3. The van der Waals surface area contributed by atoms with Crippen LogP contribution in [0.1, 0.15) is 41.1 Å². The molecule has 2 fully saturated rings. The Bertz CT molecular complexity index is 1460. The highest BCUT2D eigenvalue weighted by molar-refractivity contribution is 6.06. The van der Waals surface area contributed by atoms with Gasteiger partial charge in [0.2, 0.25) is 17.7 Å². The molecule has 3 unspecified atom stereocenters. The Kier molecular flexibility index (Phi) is 5.33. The van der Waals surface area contributed by atoms with Crippen LogP contribution in [-0.2, 0) is 32.6 Å². The van der Waals surface area contributed by atoms with Crippen molar-refractivity contribution in [3.8, 4) is 0 Å². The second-order valence-corrected chi connectivity index (χ2v) is 10.9. The number of carbonyl (C=O) groups excluding carboxylic acids is 3. The smallest absolute Gasteiger partial charge is 0.244 e. The normalized spacial score (nSPS) is 25.7. The van der Waals surface area contributed by atoms with Crippen molar-refractivity contribution in [3.63, 3.8) is 0 Å². The number of carbonyl (C=O) groups is 3. The quantitative estimate of drug-likeness (QED) is 0.566. The number of hydrogen-bond donors (Lipinski definition) is 2. The molecule has 3 aromatic rings. The Balaban J connectivity index is 1.10. The zero-order valence-electron chi connectivity index (χ0n) is 21.0. The Morgan fingerprint density at radius 2 is 1.87 bits per heavy atom.